The van der Waals surface area contributed by atoms with E-state index in [9.17, 15) is 5.26 Å². The molecular formula is C78H45N7. The van der Waals surface area contributed by atoms with Crippen molar-refractivity contribution in [2.45, 2.75) is 5.41 Å². The largest absolute Gasteiger partial charge is 0.306 e. The van der Waals surface area contributed by atoms with Gasteiger partial charge in [-0.15, -0.1) is 0 Å². The predicted octanol–water partition coefficient (Wildman–Crippen LogP) is 18.7. The molecule has 7 heteroatoms. The van der Waals surface area contributed by atoms with E-state index in [4.69, 9.17) is 9.97 Å². The second-order valence-electron chi connectivity index (χ2n) is 22.6. The number of aromatic nitrogens is 6. The smallest absolute Gasteiger partial charge is 0.107 e. The molecule has 0 saturated carbocycles. The number of nitrogens with zero attached hydrogens (tertiary/aromatic N) is 7. The summed E-state index contributed by atoms with van der Waals surface area (Å²) in [6.07, 6.45) is 3.88. The molecule has 0 radical (unpaired) electrons. The van der Waals surface area contributed by atoms with E-state index in [2.05, 4.69) is 273 Å². The molecule has 85 heavy (non-hydrogen) atoms. The van der Waals surface area contributed by atoms with Crippen LogP contribution in [0.25, 0.3) is 143 Å². The zero-order valence-corrected chi connectivity index (χ0v) is 45.6. The Bertz CT molecular complexity index is 5330. The van der Waals surface area contributed by atoms with Crippen LogP contribution in [0.3, 0.4) is 0 Å². The fraction of sp³-hybridized carbons (Fsp3) is 0.0128. The normalized spacial score (nSPS) is 13.0. The van der Waals surface area contributed by atoms with Gasteiger partial charge in [0.1, 0.15) is 17.0 Å². The molecule has 0 amide bonds. The van der Waals surface area contributed by atoms with Crippen molar-refractivity contribution in [1.82, 2.24) is 28.2 Å². The number of para-hydroxylation sites is 8. The van der Waals surface area contributed by atoms with Gasteiger partial charge >= 0.3 is 0 Å². The first-order chi connectivity index (χ1) is 42.2. The van der Waals surface area contributed by atoms with E-state index in [1.807, 2.05) is 24.5 Å². The van der Waals surface area contributed by atoms with E-state index in [1.165, 1.54) is 0 Å². The molecule has 0 atom stereocenters. The molecule has 0 unspecified atom stereocenters. The molecule has 0 saturated heterocycles. The number of rotatable bonds is 5. The molecule has 6 aromatic heterocycles. The predicted molar refractivity (Wildman–Crippen MR) is 346 cm³/mol. The van der Waals surface area contributed by atoms with Crippen molar-refractivity contribution >= 4 is 87.2 Å². The number of hydrogen-bond donors (Lipinski definition) is 0. The van der Waals surface area contributed by atoms with Crippen LogP contribution in [0.15, 0.2) is 273 Å². The highest BCUT2D eigenvalue weighted by atomic mass is 15.1. The summed E-state index contributed by atoms with van der Waals surface area (Å²) in [4.78, 5) is 10.8. The van der Waals surface area contributed by atoms with Crippen LogP contribution in [0.1, 0.15) is 28.1 Å². The van der Waals surface area contributed by atoms with Crippen LogP contribution in [0, 0.1) is 11.3 Å². The minimum absolute atomic E-state index is 0.520. The highest BCUT2D eigenvalue weighted by Gasteiger charge is 2.55. The summed E-state index contributed by atoms with van der Waals surface area (Å²) in [6, 6.07) is 97.5. The first-order valence-electron chi connectivity index (χ1n) is 29.0. The summed E-state index contributed by atoms with van der Waals surface area (Å²) < 4.78 is 9.81. The molecule has 392 valence electrons. The van der Waals surface area contributed by atoms with Gasteiger partial charge in [-0.3, -0.25) is 9.97 Å². The average molecular weight is 1080 g/mol. The zero-order valence-electron chi connectivity index (χ0n) is 45.6. The summed E-state index contributed by atoms with van der Waals surface area (Å²) in [5.74, 6) is 0. The number of benzene rings is 11. The van der Waals surface area contributed by atoms with Crippen molar-refractivity contribution in [3.05, 3.63) is 301 Å². The molecule has 19 rings (SSSR count). The van der Waals surface area contributed by atoms with Gasteiger partial charge < -0.3 is 18.3 Å². The van der Waals surface area contributed by atoms with Gasteiger partial charge in [0.05, 0.1) is 78.3 Å². The monoisotopic (exact) mass is 1080 g/mol. The van der Waals surface area contributed by atoms with E-state index in [0.717, 1.165) is 166 Å². The van der Waals surface area contributed by atoms with Crippen LogP contribution in [0.2, 0.25) is 0 Å². The van der Waals surface area contributed by atoms with Gasteiger partial charge in [0.2, 0.25) is 0 Å². The molecule has 11 aromatic carbocycles. The van der Waals surface area contributed by atoms with Crippen molar-refractivity contribution in [2.24, 2.45) is 0 Å². The van der Waals surface area contributed by atoms with Gasteiger partial charge in [0.15, 0.2) is 0 Å². The Morgan fingerprint density at radius 2 is 0.565 bits per heavy atom. The Kier molecular flexibility index (Phi) is 9.21. The van der Waals surface area contributed by atoms with E-state index in [0.29, 0.717) is 5.56 Å². The molecule has 0 N–H and O–H groups in total. The lowest BCUT2D eigenvalue weighted by molar-refractivity contribution is 0.732. The molecule has 7 nitrogen and oxygen atoms in total. The highest BCUT2D eigenvalue weighted by Crippen LogP contribution is 2.64. The Labute approximate surface area is 487 Å². The van der Waals surface area contributed by atoms with Gasteiger partial charge in [0, 0.05) is 72.2 Å². The Hall–Kier alpha value is -11.6. The molecule has 17 aromatic rings. The van der Waals surface area contributed by atoms with Gasteiger partial charge in [-0.25, -0.2) is 0 Å². The second kappa shape index (κ2) is 17.0. The Morgan fingerprint density at radius 1 is 0.271 bits per heavy atom. The summed E-state index contributed by atoms with van der Waals surface area (Å²) in [5.41, 5.74) is 21.4. The standard InChI is InChI=1S/C78H45N7/c79-46-59-72(82-62-36-11-2-22-47(62)48-23-3-12-37-63(48)82)74(84-66-40-15-6-26-51(66)52-27-7-16-41-67(52)84)71(58-31-19-35-61-70(58)57-30-1-10-34-60(57)78(61)76-55(32-20-44-80-76)56-33-21-45-81-77(56)78)75(85-68-42-17-8-28-53(68)54-29-9-18-43-69(54)85)73(59)83-64-38-13-4-24-49(64)50-25-5-14-39-65(50)83/h1-45H. The van der Waals surface area contributed by atoms with Gasteiger partial charge in [-0.2, -0.15) is 5.26 Å². The first kappa shape index (κ1) is 46.1. The average Bonchev–Trinajstić information content (AvgIpc) is 1.57. The number of nitriles is 1. The molecule has 2 aliphatic carbocycles. The van der Waals surface area contributed by atoms with Crippen LogP contribution in [0.5, 0.6) is 0 Å². The summed E-state index contributed by atoms with van der Waals surface area (Å²) in [5, 5.41) is 22.0. The second-order valence-corrected chi connectivity index (χ2v) is 22.6. The Balaban J connectivity index is 1.16. The highest BCUT2D eigenvalue weighted by molar-refractivity contribution is 6.18. The maximum absolute atomic E-state index is 13.1. The van der Waals surface area contributed by atoms with Crippen molar-refractivity contribution in [3.63, 3.8) is 0 Å². The third-order valence-corrected chi connectivity index (χ3v) is 18.7. The van der Waals surface area contributed by atoms with Crippen LogP contribution >= 0.6 is 0 Å². The van der Waals surface area contributed by atoms with Crippen LogP contribution in [-0.2, 0) is 5.41 Å². The van der Waals surface area contributed by atoms with Crippen molar-refractivity contribution in [3.8, 4) is 62.2 Å². The molecule has 1 spiro atoms. The lowest BCUT2D eigenvalue weighted by Gasteiger charge is -2.30. The van der Waals surface area contributed by atoms with Crippen LogP contribution in [0.4, 0.5) is 0 Å². The fourth-order valence-electron chi connectivity index (χ4n) is 15.6. The number of hydrogen-bond acceptors (Lipinski definition) is 3. The molecule has 6 heterocycles. The molecule has 0 aliphatic heterocycles. The van der Waals surface area contributed by atoms with E-state index in [-0.39, 0.29) is 0 Å². The molecule has 2 aliphatic rings. The Morgan fingerprint density at radius 3 is 0.929 bits per heavy atom. The minimum Gasteiger partial charge on any atom is -0.306 e. The van der Waals surface area contributed by atoms with E-state index >= 15 is 0 Å². The lowest BCUT2D eigenvalue weighted by Crippen LogP contribution is -2.28. The van der Waals surface area contributed by atoms with E-state index in [1.54, 1.807) is 0 Å². The third kappa shape index (κ3) is 5.77. The quantitative estimate of drug-likeness (QED) is 0.172. The van der Waals surface area contributed by atoms with Gasteiger partial charge in [-0.1, -0.05) is 200 Å². The van der Waals surface area contributed by atoms with E-state index < -0.39 is 5.41 Å². The van der Waals surface area contributed by atoms with Crippen LogP contribution < -0.4 is 0 Å². The van der Waals surface area contributed by atoms with Crippen molar-refractivity contribution in [2.75, 3.05) is 0 Å². The molecule has 0 fully saturated rings. The van der Waals surface area contributed by atoms with Crippen molar-refractivity contribution in [1.29, 1.82) is 5.26 Å². The van der Waals surface area contributed by atoms with Gasteiger partial charge in [0.25, 0.3) is 0 Å². The SMILES string of the molecule is N#Cc1c(-n2c3ccccc3c3ccccc32)c(-n2c3ccccc3c3ccccc32)c(-c2cccc3c2-c2ccccc2C32c3ncccc3-c3cccnc32)c(-n2c3ccccc3c3ccccc32)c1-n1c2ccccc2c2ccccc21. The molecular weight excluding hydrogens is 1030 g/mol. The van der Waals surface area contributed by atoms with Crippen LogP contribution in [-0.4, -0.2) is 28.2 Å². The number of fused-ring (bicyclic) bond motifs is 22. The summed E-state index contributed by atoms with van der Waals surface area (Å²) >= 11 is 0. The lowest BCUT2D eigenvalue weighted by atomic mass is 9.74. The van der Waals surface area contributed by atoms with Gasteiger partial charge in [-0.05, 0) is 88.5 Å². The first-order valence-corrected chi connectivity index (χ1v) is 29.0. The zero-order chi connectivity index (χ0) is 55.6. The fourth-order valence-corrected chi connectivity index (χ4v) is 15.6. The maximum atomic E-state index is 13.1. The van der Waals surface area contributed by atoms with Crippen molar-refractivity contribution < 1.29 is 0 Å². The maximum Gasteiger partial charge on any atom is 0.107 e. The number of pyridine rings is 2. The topological polar surface area (TPSA) is 69.3 Å². The molecule has 0 bridgehead atoms. The minimum atomic E-state index is -0.868. The summed E-state index contributed by atoms with van der Waals surface area (Å²) in [7, 11) is 0. The third-order valence-electron chi connectivity index (χ3n) is 18.7. The summed E-state index contributed by atoms with van der Waals surface area (Å²) in [6.45, 7) is 0.